The van der Waals surface area contributed by atoms with E-state index in [0.29, 0.717) is 12.3 Å². The van der Waals surface area contributed by atoms with Gasteiger partial charge in [0.1, 0.15) is 5.52 Å². The van der Waals surface area contributed by atoms with E-state index in [-0.39, 0.29) is 0 Å². The normalized spacial score (nSPS) is 10.9. The van der Waals surface area contributed by atoms with E-state index >= 15 is 0 Å². The maximum Gasteiger partial charge on any atom is 0.199 e. The Balaban J connectivity index is 1.98. The summed E-state index contributed by atoms with van der Waals surface area (Å²) in [5, 5.41) is 0. The van der Waals surface area contributed by atoms with Crippen molar-refractivity contribution in [3.05, 3.63) is 59.5 Å². The number of aromatic nitrogens is 1. The standard InChI is InChI=1S/C15H14N2O/c1-10-6-7-13-14(8-10)18-15(17-13)9-11-4-2-3-5-12(11)16/h2-8H,9,16H2,1H3. The molecule has 0 aliphatic rings. The first kappa shape index (κ1) is 10.8. The van der Waals surface area contributed by atoms with Gasteiger partial charge in [0.15, 0.2) is 11.5 Å². The molecule has 0 unspecified atom stereocenters. The molecule has 0 bridgehead atoms. The maximum absolute atomic E-state index is 5.92. The maximum atomic E-state index is 5.92. The van der Waals surface area contributed by atoms with E-state index in [9.17, 15) is 0 Å². The van der Waals surface area contributed by atoms with Crippen LogP contribution in [0.1, 0.15) is 17.0 Å². The van der Waals surface area contributed by atoms with E-state index in [1.54, 1.807) is 0 Å². The Morgan fingerprint density at radius 1 is 1.17 bits per heavy atom. The quantitative estimate of drug-likeness (QED) is 0.697. The number of aryl methyl sites for hydroxylation is 1. The average Bonchev–Trinajstić information content (AvgIpc) is 2.73. The van der Waals surface area contributed by atoms with Crippen LogP contribution in [0.4, 0.5) is 5.69 Å². The summed E-state index contributed by atoms with van der Waals surface area (Å²) in [6, 6.07) is 13.8. The Kier molecular flexibility index (Phi) is 2.52. The number of nitrogens with two attached hydrogens (primary N) is 1. The Hall–Kier alpha value is -2.29. The zero-order valence-electron chi connectivity index (χ0n) is 10.2. The van der Waals surface area contributed by atoms with Crippen molar-refractivity contribution >= 4 is 16.8 Å². The SMILES string of the molecule is Cc1ccc2nc(Cc3ccccc3N)oc2c1. The molecule has 3 nitrogen and oxygen atoms in total. The highest BCUT2D eigenvalue weighted by molar-refractivity contribution is 5.73. The summed E-state index contributed by atoms with van der Waals surface area (Å²) in [5.41, 5.74) is 10.6. The molecule has 0 atom stereocenters. The lowest BCUT2D eigenvalue weighted by molar-refractivity contribution is 0.544. The molecule has 2 aromatic carbocycles. The molecule has 0 aliphatic heterocycles. The number of anilines is 1. The molecule has 90 valence electrons. The van der Waals surface area contributed by atoms with Crippen LogP contribution in [0.25, 0.3) is 11.1 Å². The van der Waals surface area contributed by atoms with Crippen LogP contribution < -0.4 is 5.73 Å². The molecule has 3 rings (SSSR count). The van der Waals surface area contributed by atoms with Crippen molar-refractivity contribution < 1.29 is 4.42 Å². The number of fused-ring (bicyclic) bond motifs is 1. The largest absolute Gasteiger partial charge is 0.440 e. The molecule has 0 saturated heterocycles. The van der Waals surface area contributed by atoms with E-state index in [0.717, 1.165) is 22.4 Å². The molecule has 0 spiro atoms. The van der Waals surface area contributed by atoms with Gasteiger partial charge < -0.3 is 10.2 Å². The number of hydrogen-bond acceptors (Lipinski definition) is 3. The monoisotopic (exact) mass is 238 g/mol. The topological polar surface area (TPSA) is 52.0 Å². The summed E-state index contributed by atoms with van der Waals surface area (Å²) in [4.78, 5) is 4.47. The predicted molar refractivity (Wildman–Crippen MR) is 72.4 cm³/mol. The Morgan fingerprint density at radius 3 is 2.83 bits per heavy atom. The van der Waals surface area contributed by atoms with E-state index in [1.807, 2.05) is 49.4 Å². The lowest BCUT2D eigenvalue weighted by Gasteiger charge is -2.01. The Labute approximate surface area is 105 Å². The van der Waals surface area contributed by atoms with Gasteiger partial charge in [0.05, 0.1) is 6.42 Å². The molecule has 3 aromatic rings. The van der Waals surface area contributed by atoms with Crippen molar-refractivity contribution in [2.45, 2.75) is 13.3 Å². The third-order valence-corrected chi connectivity index (χ3v) is 2.99. The lowest BCUT2D eigenvalue weighted by atomic mass is 10.1. The minimum absolute atomic E-state index is 0.625. The van der Waals surface area contributed by atoms with Crippen molar-refractivity contribution in [2.24, 2.45) is 0 Å². The second kappa shape index (κ2) is 4.18. The molecule has 0 saturated carbocycles. The molecular weight excluding hydrogens is 224 g/mol. The summed E-state index contributed by atoms with van der Waals surface area (Å²) < 4.78 is 5.74. The van der Waals surface area contributed by atoms with Gasteiger partial charge in [-0.15, -0.1) is 0 Å². The van der Waals surface area contributed by atoms with Gasteiger partial charge in [0.25, 0.3) is 0 Å². The van der Waals surface area contributed by atoms with Gasteiger partial charge in [0, 0.05) is 5.69 Å². The number of para-hydroxylation sites is 1. The van der Waals surface area contributed by atoms with Crippen LogP contribution >= 0.6 is 0 Å². The summed E-state index contributed by atoms with van der Waals surface area (Å²) >= 11 is 0. The second-order valence-corrected chi connectivity index (χ2v) is 4.45. The molecule has 0 amide bonds. The highest BCUT2D eigenvalue weighted by atomic mass is 16.3. The van der Waals surface area contributed by atoms with Crippen molar-refractivity contribution in [3.63, 3.8) is 0 Å². The number of nitrogen functional groups attached to an aromatic ring is 1. The fourth-order valence-electron chi connectivity index (χ4n) is 2.01. The van der Waals surface area contributed by atoms with Gasteiger partial charge in [0.2, 0.25) is 0 Å². The van der Waals surface area contributed by atoms with Gasteiger partial charge in [-0.25, -0.2) is 4.98 Å². The molecular formula is C15H14N2O. The fraction of sp³-hybridized carbons (Fsp3) is 0.133. The van der Waals surface area contributed by atoms with Crippen LogP contribution in [-0.4, -0.2) is 4.98 Å². The Morgan fingerprint density at radius 2 is 2.00 bits per heavy atom. The first-order chi connectivity index (χ1) is 8.72. The third kappa shape index (κ3) is 1.95. The number of oxazole rings is 1. The summed E-state index contributed by atoms with van der Waals surface area (Å²) in [6.45, 7) is 2.04. The molecule has 0 fully saturated rings. The van der Waals surface area contributed by atoms with Gasteiger partial charge in [-0.3, -0.25) is 0 Å². The first-order valence-electron chi connectivity index (χ1n) is 5.92. The number of benzene rings is 2. The van der Waals surface area contributed by atoms with Crippen molar-refractivity contribution in [1.82, 2.24) is 4.98 Å². The number of nitrogens with zero attached hydrogens (tertiary/aromatic N) is 1. The minimum Gasteiger partial charge on any atom is -0.440 e. The van der Waals surface area contributed by atoms with E-state index in [1.165, 1.54) is 5.56 Å². The molecule has 0 radical (unpaired) electrons. The zero-order valence-corrected chi connectivity index (χ0v) is 10.2. The molecule has 0 aliphatic carbocycles. The highest BCUT2D eigenvalue weighted by Gasteiger charge is 2.08. The minimum atomic E-state index is 0.625. The summed E-state index contributed by atoms with van der Waals surface area (Å²) in [7, 11) is 0. The lowest BCUT2D eigenvalue weighted by Crippen LogP contribution is -1.95. The van der Waals surface area contributed by atoms with Gasteiger partial charge in [-0.2, -0.15) is 0 Å². The number of rotatable bonds is 2. The van der Waals surface area contributed by atoms with Crippen molar-refractivity contribution in [2.75, 3.05) is 5.73 Å². The smallest absolute Gasteiger partial charge is 0.199 e. The summed E-state index contributed by atoms with van der Waals surface area (Å²) in [6.07, 6.45) is 0.625. The van der Waals surface area contributed by atoms with Crippen molar-refractivity contribution in [3.8, 4) is 0 Å². The van der Waals surface area contributed by atoms with Crippen LogP contribution in [-0.2, 0) is 6.42 Å². The van der Waals surface area contributed by atoms with Crippen molar-refractivity contribution in [1.29, 1.82) is 0 Å². The van der Waals surface area contributed by atoms with Crippen LogP contribution in [0.2, 0.25) is 0 Å². The van der Waals surface area contributed by atoms with E-state index < -0.39 is 0 Å². The van der Waals surface area contributed by atoms with Gasteiger partial charge in [-0.05, 0) is 36.2 Å². The van der Waals surface area contributed by atoms with Crippen LogP contribution in [0.15, 0.2) is 46.9 Å². The highest BCUT2D eigenvalue weighted by Crippen LogP contribution is 2.21. The molecule has 3 heteroatoms. The second-order valence-electron chi connectivity index (χ2n) is 4.45. The average molecular weight is 238 g/mol. The molecule has 18 heavy (non-hydrogen) atoms. The Bertz CT molecular complexity index is 701. The molecule has 2 N–H and O–H groups in total. The van der Waals surface area contributed by atoms with E-state index in [2.05, 4.69) is 4.98 Å². The van der Waals surface area contributed by atoms with Gasteiger partial charge >= 0.3 is 0 Å². The first-order valence-corrected chi connectivity index (χ1v) is 5.92. The van der Waals surface area contributed by atoms with Gasteiger partial charge in [-0.1, -0.05) is 24.3 Å². The van der Waals surface area contributed by atoms with E-state index in [4.69, 9.17) is 10.2 Å². The third-order valence-electron chi connectivity index (χ3n) is 2.99. The summed E-state index contributed by atoms with van der Waals surface area (Å²) in [5.74, 6) is 0.702. The van der Waals surface area contributed by atoms with Crippen LogP contribution in [0, 0.1) is 6.92 Å². The zero-order chi connectivity index (χ0) is 12.5. The number of hydrogen-bond donors (Lipinski definition) is 1. The molecule has 1 heterocycles. The van der Waals surface area contributed by atoms with Crippen LogP contribution in [0.3, 0.4) is 0 Å². The van der Waals surface area contributed by atoms with Crippen LogP contribution in [0.5, 0.6) is 0 Å². The fourth-order valence-corrected chi connectivity index (χ4v) is 2.01. The molecule has 1 aromatic heterocycles. The predicted octanol–water partition coefficient (Wildman–Crippen LogP) is 3.31.